The maximum atomic E-state index is 5.51. The van der Waals surface area contributed by atoms with Gasteiger partial charge in [0.1, 0.15) is 17.0 Å². The van der Waals surface area contributed by atoms with Gasteiger partial charge in [-0.05, 0) is 36.1 Å². The highest BCUT2D eigenvalue weighted by Crippen LogP contribution is 2.34. The lowest BCUT2D eigenvalue weighted by Crippen LogP contribution is -2.36. The van der Waals surface area contributed by atoms with Crippen molar-refractivity contribution in [2.75, 3.05) is 31.2 Å². The number of nitrogens with one attached hydrogen (secondary N) is 1. The van der Waals surface area contributed by atoms with Gasteiger partial charge in [-0.2, -0.15) is 5.10 Å². The van der Waals surface area contributed by atoms with Crippen LogP contribution in [0.1, 0.15) is 38.2 Å². The Morgan fingerprint density at radius 1 is 1.23 bits per heavy atom. The van der Waals surface area contributed by atoms with E-state index in [2.05, 4.69) is 46.1 Å². The summed E-state index contributed by atoms with van der Waals surface area (Å²) in [7, 11) is 0. The highest BCUT2D eigenvalue weighted by molar-refractivity contribution is 5.94. The van der Waals surface area contributed by atoms with Crippen LogP contribution in [-0.4, -0.2) is 46.5 Å². The van der Waals surface area contributed by atoms with E-state index in [-0.39, 0.29) is 0 Å². The summed E-state index contributed by atoms with van der Waals surface area (Å²) in [5.41, 5.74) is 4.05. The van der Waals surface area contributed by atoms with Gasteiger partial charge in [-0.15, -0.1) is 0 Å². The molecule has 1 atom stereocenters. The molecule has 6 nitrogen and oxygen atoms in total. The SMILES string of the molecule is CCCC(C)c1cc(N2CCOCC2)nc2c(-c3ccn[nH]3)nccc12. The first-order valence-corrected chi connectivity index (χ1v) is 9.40. The van der Waals surface area contributed by atoms with Crippen molar-refractivity contribution in [1.29, 1.82) is 0 Å². The predicted octanol–water partition coefficient (Wildman–Crippen LogP) is 3.76. The summed E-state index contributed by atoms with van der Waals surface area (Å²) in [6.45, 7) is 7.79. The second-order valence-electron chi connectivity index (χ2n) is 6.88. The van der Waals surface area contributed by atoms with E-state index in [9.17, 15) is 0 Å². The molecule has 0 amide bonds. The number of rotatable bonds is 5. The molecule has 0 spiro atoms. The fraction of sp³-hybridized carbons (Fsp3) is 0.450. The summed E-state index contributed by atoms with van der Waals surface area (Å²) < 4.78 is 5.51. The van der Waals surface area contributed by atoms with E-state index in [1.807, 2.05) is 12.3 Å². The molecule has 1 aliphatic heterocycles. The highest BCUT2D eigenvalue weighted by Gasteiger charge is 2.20. The number of fused-ring (bicyclic) bond motifs is 1. The Labute approximate surface area is 153 Å². The van der Waals surface area contributed by atoms with E-state index < -0.39 is 0 Å². The Balaban J connectivity index is 1.91. The Bertz CT molecular complexity index is 871. The van der Waals surface area contributed by atoms with Gasteiger partial charge in [0, 0.05) is 30.9 Å². The van der Waals surface area contributed by atoms with Gasteiger partial charge >= 0.3 is 0 Å². The first-order valence-electron chi connectivity index (χ1n) is 9.40. The molecule has 1 aliphatic rings. The van der Waals surface area contributed by atoms with Gasteiger partial charge in [0.2, 0.25) is 0 Å². The summed E-state index contributed by atoms with van der Waals surface area (Å²) >= 11 is 0. The highest BCUT2D eigenvalue weighted by atomic mass is 16.5. The third-order valence-electron chi connectivity index (χ3n) is 5.09. The standard InChI is InChI=1S/C20H25N5O/c1-3-4-14(2)16-13-18(25-9-11-26-12-10-25)23-19-15(16)5-7-21-20(19)17-6-8-22-24-17/h5-8,13-14H,3-4,9-12H2,1-2H3,(H,22,24). The number of hydrogen-bond acceptors (Lipinski definition) is 5. The van der Waals surface area contributed by atoms with Gasteiger partial charge in [0.15, 0.2) is 0 Å². The maximum Gasteiger partial charge on any atom is 0.129 e. The van der Waals surface area contributed by atoms with Crippen LogP contribution in [0.4, 0.5) is 5.82 Å². The number of nitrogens with zero attached hydrogens (tertiary/aromatic N) is 4. The van der Waals surface area contributed by atoms with Crippen LogP contribution in [0.5, 0.6) is 0 Å². The average Bonchev–Trinajstić information content (AvgIpc) is 3.22. The predicted molar refractivity (Wildman–Crippen MR) is 103 cm³/mol. The van der Waals surface area contributed by atoms with Gasteiger partial charge in [0.05, 0.1) is 18.9 Å². The molecule has 0 saturated carbocycles. The number of morpholine rings is 1. The zero-order valence-electron chi connectivity index (χ0n) is 15.4. The second-order valence-corrected chi connectivity index (χ2v) is 6.88. The van der Waals surface area contributed by atoms with Gasteiger partial charge in [-0.1, -0.05) is 20.3 Å². The van der Waals surface area contributed by atoms with E-state index in [1.54, 1.807) is 6.20 Å². The molecule has 0 radical (unpaired) electrons. The zero-order valence-corrected chi connectivity index (χ0v) is 15.4. The van der Waals surface area contributed by atoms with E-state index in [0.29, 0.717) is 5.92 Å². The third kappa shape index (κ3) is 3.17. The lowest BCUT2D eigenvalue weighted by molar-refractivity contribution is 0.122. The maximum absolute atomic E-state index is 5.51. The van der Waals surface area contributed by atoms with Gasteiger partial charge in [-0.25, -0.2) is 4.98 Å². The Hall–Kier alpha value is -2.47. The van der Waals surface area contributed by atoms with Crippen LogP contribution < -0.4 is 4.90 Å². The largest absolute Gasteiger partial charge is 0.378 e. The van der Waals surface area contributed by atoms with E-state index >= 15 is 0 Å². The Morgan fingerprint density at radius 3 is 2.81 bits per heavy atom. The number of anilines is 1. The van der Waals surface area contributed by atoms with Crippen molar-refractivity contribution in [2.24, 2.45) is 0 Å². The van der Waals surface area contributed by atoms with Crippen LogP contribution in [-0.2, 0) is 4.74 Å². The van der Waals surface area contributed by atoms with Gasteiger partial charge in [0.25, 0.3) is 0 Å². The number of H-pyrrole nitrogens is 1. The molecular weight excluding hydrogens is 326 g/mol. The van der Waals surface area contributed by atoms with Crippen LogP contribution in [0.15, 0.2) is 30.6 Å². The number of ether oxygens (including phenoxy) is 1. The normalized spacial score (nSPS) is 16.2. The molecule has 4 rings (SSSR count). The van der Waals surface area contributed by atoms with Crippen LogP contribution in [0.2, 0.25) is 0 Å². The molecule has 26 heavy (non-hydrogen) atoms. The molecule has 1 N–H and O–H groups in total. The molecule has 6 heteroatoms. The smallest absolute Gasteiger partial charge is 0.129 e. The van der Waals surface area contributed by atoms with E-state index in [0.717, 1.165) is 61.9 Å². The van der Waals surface area contributed by atoms with Crippen molar-refractivity contribution in [3.63, 3.8) is 0 Å². The Kier molecular flexibility index (Phi) is 4.84. The molecule has 1 fully saturated rings. The van der Waals surface area contributed by atoms with E-state index in [1.165, 1.54) is 10.9 Å². The van der Waals surface area contributed by atoms with Crippen LogP contribution in [0.25, 0.3) is 22.3 Å². The first-order chi connectivity index (χ1) is 12.8. The van der Waals surface area contributed by atoms with Crippen LogP contribution in [0, 0.1) is 0 Å². The fourth-order valence-electron chi connectivity index (χ4n) is 3.70. The third-order valence-corrected chi connectivity index (χ3v) is 5.09. The number of pyridine rings is 2. The zero-order chi connectivity index (χ0) is 17.9. The molecule has 1 saturated heterocycles. The molecule has 0 bridgehead atoms. The fourth-order valence-corrected chi connectivity index (χ4v) is 3.70. The molecule has 0 aromatic carbocycles. The summed E-state index contributed by atoms with van der Waals surface area (Å²) in [5.74, 6) is 1.50. The van der Waals surface area contributed by atoms with Crippen LogP contribution >= 0.6 is 0 Å². The minimum Gasteiger partial charge on any atom is -0.378 e. The summed E-state index contributed by atoms with van der Waals surface area (Å²) in [6.07, 6.45) is 5.94. The van der Waals surface area contributed by atoms with Crippen LogP contribution in [0.3, 0.4) is 0 Å². The Morgan fingerprint density at radius 2 is 2.08 bits per heavy atom. The van der Waals surface area contributed by atoms with Crippen molar-refractivity contribution in [3.8, 4) is 11.4 Å². The van der Waals surface area contributed by atoms with Crippen molar-refractivity contribution in [3.05, 3.63) is 36.2 Å². The molecule has 4 heterocycles. The molecule has 136 valence electrons. The minimum absolute atomic E-state index is 0.474. The quantitative estimate of drug-likeness (QED) is 0.758. The minimum atomic E-state index is 0.474. The molecule has 3 aromatic rings. The second kappa shape index (κ2) is 7.41. The number of aromatic nitrogens is 4. The van der Waals surface area contributed by atoms with Crippen molar-refractivity contribution in [2.45, 2.75) is 32.6 Å². The molecule has 3 aromatic heterocycles. The lowest BCUT2D eigenvalue weighted by Gasteiger charge is -2.29. The molecule has 0 aliphatic carbocycles. The lowest BCUT2D eigenvalue weighted by atomic mass is 9.93. The van der Waals surface area contributed by atoms with Crippen molar-refractivity contribution < 1.29 is 4.74 Å². The monoisotopic (exact) mass is 351 g/mol. The van der Waals surface area contributed by atoms with Crippen molar-refractivity contribution in [1.82, 2.24) is 20.2 Å². The summed E-state index contributed by atoms with van der Waals surface area (Å²) in [5, 5.41) is 8.30. The van der Waals surface area contributed by atoms with Gasteiger partial charge in [-0.3, -0.25) is 10.1 Å². The first kappa shape index (κ1) is 17.0. The van der Waals surface area contributed by atoms with E-state index in [4.69, 9.17) is 9.72 Å². The number of hydrogen-bond donors (Lipinski definition) is 1. The summed E-state index contributed by atoms with van der Waals surface area (Å²) in [6, 6.07) is 6.30. The topological polar surface area (TPSA) is 66.9 Å². The molecule has 1 unspecified atom stereocenters. The van der Waals surface area contributed by atoms with Crippen molar-refractivity contribution >= 4 is 16.7 Å². The average molecular weight is 351 g/mol. The van der Waals surface area contributed by atoms with Gasteiger partial charge < -0.3 is 9.64 Å². The summed E-state index contributed by atoms with van der Waals surface area (Å²) in [4.78, 5) is 11.9. The molecular formula is C20H25N5O. The number of aromatic amines is 1.